The summed E-state index contributed by atoms with van der Waals surface area (Å²) >= 11 is 1.44. The van der Waals surface area contributed by atoms with Crippen LogP contribution in [-0.2, 0) is 0 Å². The summed E-state index contributed by atoms with van der Waals surface area (Å²) in [6.07, 6.45) is 4.12. The van der Waals surface area contributed by atoms with Gasteiger partial charge in [0.1, 0.15) is 10.6 Å². The predicted molar refractivity (Wildman–Crippen MR) is 101 cm³/mol. The molecule has 4 fully saturated rings. The Morgan fingerprint density at radius 1 is 1.27 bits per heavy atom. The second-order valence-corrected chi connectivity index (χ2v) is 8.45. The molecule has 1 aromatic carbocycles. The van der Waals surface area contributed by atoms with E-state index < -0.39 is 0 Å². The molecule has 1 aromatic heterocycles. The van der Waals surface area contributed by atoms with Crippen molar-refractivity contribution in [2.75, 3.05) is 26.7 Å². The molecular formula is C20H23N3O2S. The maximum atomic E-state index is 13.2. The van der Waals surface area contributed by atoms with Crippen LogP contribution in [0.15, 0.2) is 36.0 Å². The summed E-state index contributed by atoms with van der Waals surface area (Å²) in [5.41, 5.74) is 3.03. The highest BCUT2D eigenvalue weighted by Gasteiger charge is 2.54. The van der Waals surface area contributed by atoms with Gasteiger partial charge in [0.2, 0.25) is 0 Å². The average Bonchev–Trinajstić information content (AvgIpc) is 3.37. The number of amides is 1. The Hall–Kier alpha value is -1.92. The SMILES string of the molecule is COc1cccc([C@@H]2CN(C(=O)c3cncs3)[C@@H]3C4CCN(CC4)[C@@H]32)c1. The van der Waals surface area contributed by atoms with Gasteiger partial charge in [-0.2, -0.15) is 0 Å². The van der Waals surface area contributed by atoms with Crippen molar-refractivity contribution in [1.29, 1.82) is 0 Å². The summed E-state index contributed by atoms with van der Waals surface area (Å²) in [5.74, 6) is 2.01. The molecule has 2 aromatic rings. The van der Waals surface area contributed by atoms with Gasteiger partial charge in [-0.3, -0.25) is 14.7 Å². The molecule has 0 spiro atoms. The Morgan fingerprint density at radius 3 is 2.85 bits per heavy atom. The molecule has 0 saturated carbocycles. The summed E-state index contributed by atoms with van der Waals surface area (Å²) in [5, 5.41) is 0. The number of ether oxygens (including phenoxy) is 1. The van der Waals surface area contributed by atoms with Crippen LogP contribution in [0.2, 0.25) is 0 Å². The molecule has 6 rings (SSSR count). The Balaban J connectivity index is 1.53. The number of benzene rings is 1. The first-order valence-electron chi connectivity index (χ1n) is 9.33. The summed E-state index contributed by atoms with van der Waals surface area (Å²) in [7, 11) is 1.71. The van der Waals surface area contributed by atoms with Gasteiger partial charge in [0.25, 0.3) is 5.91 Å². The number of piperidine rings is 3. The van der Waals surface area contributed by atoms with E-state index >= 15 is 0 Å². The maximum absolute atomic E-state index is 13.2. The smallest absolute Gasteiger partial charge is 0.265 e. The van der Waals surface area contributed by atoms with E-state index in [9.17, 15) is 4.79 Å². The van der Waals surface area contributed by atoms with Crippen LogP contribution in [0.5, 0.6) is 5.75 Å². The highest BCUT2D eigenvalue weighted by molar-refractivity contribution is 7.11. The molecule has 26 heavy (non-hydrogen) atoms. The van der Waals surface area contributed by atoms with Crippen molar-refractivity contribution in [1.82, 2.24) is 14.8 Å². The summed E-state index contributed by atoms with van der Waals surface area (Å²) in [6, 6.07) is 9.13. The number of likely N-dealkylation sites (tertiary alicyclic amines) is 1. The minimum atomic E-state index is 0.154. The van der Waals surface area contributed by atoms with Gasteiger partial charge >= 0.3 is 0 Å². The number of nitrogens with zero attached hydrogens (tertiary/aromatic N) is 3. The molecule has 4 aliphatic rings. The number of methoxy groups -OCH3 is 1. The minimum Gasteiger partial charge on any atom is -0.497 e. The van der Waals surface area contributed by atoms with Crippen LogP contribution < -0.4 is 4.74 Å². The van der Waals surface area contributed by atoms with Crippen LogP contribution in [0.1, 0.15) is 34.0 Å². The first-order valence-corrected chi connectivity index (χ1v) is 10.2. The Bertz CT molecular complexity index is 801. The lowest BCUT2D eigenvalue weighted by atomic mass is 9.75. The summed E-state index contributed by atoms with van der Waals surface area (Å²) < 4.78 is 5.44. The lowest BCUT2D eigenvalue weighted by Crippen LogP contribution is -2.60. The highest BCUT2D eigenvalue weighted by atomic mass is 32.1. The number of hydrogen-bond acceptors (Lipinski definition) is 5. The first kappa shape index (κ1) is 16.3. The molecule has 0 radical (unpaired) electrons. The fourth-order valence-electron chi connectivity index (χ4n) is 5.28. The number of thiazole rings is 1. The van der Waals surface area contributed by atoms with Crippen molar-refractivity contribution in [2.45, 2.75) is 30.8 Å². The van der Waals surface area contributed by atoms with Crippen molar-refractivity contribution in [3.05, 3.63) is 46.4 Å². The van der Waals surface area contributed by atoms with Crippen LogP contribution >= 0.6 is 11.3 Å². The van der Waals surface area contributed by atoms with Crippen molar-refractivity contribution in [3.8, 4) is 5.75 Å². The number of rotatable bonds is 3. The molecule has 2 bridgehead atoms. The second-order valence-electron chi connectivity index (χ2n) is 7.56. The normalized spacial score (nSPS) is 32.5. The van der Waals surface area contributed by atoms with Gasteiger partial charge in [-0.15, -0.1) is 11.3 Å². The molecule has 6 heteroatoms. The van der Waals surface area contributed by atoms with Crippen molar-refractivity contribution in [3.63, 3.8) is 0 Å². The third-order valence-corrected chi connectivity index (χ3v) is 7.18. The lowest BCUT2D eigenvalue weighted by molar-refractivity contribution is -0.00327. The predicted octanol–water partition coefficient (Wildman–Crippen LogP) is 2.85. The molecule has 136 valence electrons. The van der Waals surface area contributed by atoms with E-state index in [1.165, 1.54) is 29.7 Å². The molecule has 5 nitrogen and oxygen atoms in total. The Labute approximate surface area is 157 Å². The largest absolute Gasteiger partial charge is 0.497 e. The van der Waals surface area contributed by atoms with E-state index in [2.05, 4.69) is 33.0 Å². The van der Waals surface area contributed by atoms with Gasteiger partial charge in [-0.25, -0.2) is 0 Å². The molecule has 1 amide bonds. The quantitative estimate of drug-likeness (QED) is 0.835. The average molecular weight is 369 g/mol. The number of aromatic nitrogens is 1. The fraction of sp³-hybridized carbons (Fsp3) is 0.500. The third-order valence-electron chi connectivity index (χ3n) is 6.42. The summed E-state index contributed by atoms with van der Waals surface area (Å²) in [6.45, 7) is 3.11. The third kappa shape index (κ3) is 2.47. The number of fused-ring (bicyclic) bond motifs is 2. The van der Waals surface area contributed by atoms with Crippen LogP contribution in [0.25, 0.3) is 0 Å². The number of hydrogen-bond donors (Lipinski definition) is 0. The van der Waals surface area contributed by atoms with E-state index in [4.69, 9.17) is 4.74 Å². The molecule has 4 saturated heterocycles. The topological polar surface area (TPSA) is 45.7 Å². The standard InChI is InChI=1S/C20H23N3O2S/c1-25-15-4-2-3-14(9-15)16-11-23(20(24)17-10-21-12-26-17)18-13-5-7-22(8-6-13)19(16)18/h2-4,9-10,12-13,16,18-19H,5-8,11H2,1H3/t16-,18+,19+/m0/s1. The molecule has 0 unspecified atom stereocenters. The number of carbonyl (C=O) groups excluding carboxylic acids is 1. The van der Waals surface area contributed by atoms with Crippen molar-refractivity contribution in [2.24, 2.45) is 5.92 Å². The first-order chi connectivity index (χ1) is 12.8. The molecule has 3 atom stereocenters. The van der Waals surface area contributed by atoms with Crippen LogP contribution in [-0.4, -0.2) is 59.5 Å². The molecule has 0 aliphatic carbocycles. The van der Waals surface area contributed by atoms with Crippen LogP contribution in [0, 0.1) is 5.92 Å². The van der Waals surface area contributed by atoms with E-state index in [1.54, 1.807) is 18.8 Å². The van der Waals surface area contributed by atoms with Gasteiger partial charge in [-0.1, -0.05) is 12.1 Å². The van der Waals surface area contributed by atoms with Gasteiger partial charge < -0.3 is 9.64 Å². The Kier molecular flexibility index (Phi) is 3.98. The monoisotopic (exact) mass is 369 g/mol. The highest BCUT2D eigenvalue weighted by Crippen LogP contribution is 2.47. The molecule has 0 N–H and O–H groups in total. The maximum Gasteiger partial charge on any atom is 0.265 e. The zero-order valence-corrected chi connectivity index (χ0v) is 15.7. The van der Waals surface area contributed by atoms with Crippen LogP contribution in [0.3, 0.4) is 0 Å². The van der Waals surface area contributed by atoms with Crippen molar-refractivity contribution < 1.29 is 9.53 Å². The van der Waals surface area contributed by atoms with E-state index in [0.717, 1.165) is 30.3 Å². The van der Waals surface area contributed by atoms with E-state index in [1.807, 2.05) is 6.07 Å². The fourth-order valence-corrected chi connectivity index (χ4v) is 5.86. The lowest BCUT2D eigenvalue weighted by Gasteiger charge is -2.51. The van der Waals surface area contributed by atoms with Crippen molar-refractivity contribution >= 4 is 17.2 Å². The zero-order valence-electron chi connectivity index (χ0n) is 14.9. The van der Waals surface area contributed by atoms with Gasteiger partial charge in [0.05, 0.1) is 24.9 Å². The summed E-state index contributed by atoms with van der Waals surface area (Å²) in [4.78, 5) is 22.8. The molecule has 5 heterocycles. The minimum absolute atomic E-state index is 0.154. The molecule has 4 aliphatic heterocycles. The second kappa shape index (κ2) is 6.35. The zero-order chi connectivity index (χ0) is 17.7. The van der Waals surface area contributed by atoms with E-state index in [0.29, 0.717) is 23.9 Å². The van der Waals surface area contributed by atoms with Crippen LogP contribution in [0.4, 0.5) is 0 Å². The van der Waals surface area contributed by atoms with E-state index in [-0.39, 0.29) is 5.91 Å². The van der Waals surface area contributed by atoms with Gasteiger partial charge in [-0.05, 0) is 49.5 Å². The Morgan fingerprint density at radius 2 is 2.12 bits per heavy atom. The molecular weight excluding hydrogens is 346 g/mol. The van der Waals surface area contributed by atoms with Gasteiger partial charge in [0.15, 0.2) is 0 Å². The van der Waals surface area contributed by atoms with Gasteiger partial charge in [0, 0.05) is 18.5 Å². The number of carbonyl (C=O) groups is 1.